The minimum atomic E-state index is -0.181. The van der Waals surface area contributed by atoms with E-state index in [1.54, 1.807) is 5.30 Å². The lowest BCUT2D eigenvalue weighted by atomic mass is 10.1. The average Bonchev–Trinajstić information content (AvgIpc) is 2.44. The predicted octanol–water partition coefficient (Wildman–Crippen LogP) is 5.92. The van der Waals surface area contributed by atoms with E-state index in [-0.39, 0.29) is 7.92 Å². The second-order valence-corrected chi connectivity index (χ2v) is 10.1. The van der Waals surface area contributed by atoms with E-state index < -0.39 is 0 Å². The van der Waals surface area contributed by atoms with Crippen molar-refractivity contribution >= 4 is 13.2 Å². The van der Waals surface area contributed by atoms with Crippen molar-refractivity contribution in [1.29, 1.82) is 0 Å². The van der Waals surface area contributed by atoms with Crippen molar-refractivity contribution in [3.05, 3.63) is 54.6 Å². The zero-order chi connectivity index (χ0) is 15.5. The highest BCUT2D eigenvalue weighted by Gasteiger charge is 2.28. The fourth-order valence-electron chi connectivity index (χ4n) is 2.67. The second kappa shape index (κ2) is 6.75. The maximum atomic E-state index is 2.39. The van der Waals surface area contributed by atoms with Crippen molar-refractivity contribution in [2.75, 3.05) is 6.16 Å². The number of hydrogen-bond acceptors (Lipinski definition) is 0. The molecule has 1 unspecified atom stereocenters. The lowest BCUT2D eigenvalue weighted by Crippen LogP contribution is -2.24. The maximum Gasteiger partial charge on any atom is -0.0107 e. The first kappa shape index (κ1) is 16.2. The van der Waals surface area contributed by atoms with Gasteiger partial charge in [0, 0.05) is 0 Å². The van der Waals surface area contributed by atoms with E-state index >= 15 is 0 Å². The summed E-state index contributed by atoms with van der Waals surface area (Å²) in [6.07, 6.45) is 1.29. The molecular weight excluding hydrogens is 271 g/mol. The van der Waals surface area contributed by atoms with Crippen LogP contribution in [0.2, 0.25) is 0 Å². The molecule has 112 valence electrons. The molecule has 1 atom stereocenters. The van der Waals surface area contributed by atoms with Crippen LogP contribution in [0.3, 0.4) is 0 Å². The predicted molar refractivity (Wildman–Crippen MR) is 97.9 cm³/mol. The van der Waals surface area contributed by atoms with Gasteiger partial charge in [-0.1, -0.05) is 97.1 Å². The molecule has 0 aromatic heterocycles. The lowest BCUT2D eigenvalue weighted by molar-refractivity contribution is 0.719. The molecule has 0 bridgehead atoms. The number of rotatable bonds is 4. The Morgan fingerprint density at radius 1 is 0.857 bits per heavy atom. The van der Waals surface area contributed by atoms with Gasteiger partial charge in [0.15, 0.2) is 0 Å². The first-order valence-electron chi connectivity index (χ1n) is 7.81. The summed E-state index contributed by atoms with van der Waals surface area (Å²) in [5, 5.41) is 1.89. The van der Waals surface area contributed by atoms with Crippen LogP contribution in [0, 0.1) is 5.92 Å². The molecule has 0 aliphatic rings. The van der Waals surface area contributed by atoms with Crippen molar-refractivity contribution in [2.45, 2.75) is 39.8 Å². The van der Waals surface area contributed by atoms with E-state index in [0.717, 1.165) is 5.92 Å². The molecule has 0 saturated carbocycles. The fourth-order valence-corrected chi connectivity index (χ4v) is 5.63. The number of hydrogen-bond donors (Lipinski definition) is 0. The second-order valence-electron chi connectivity index (χ2n) is 7.06. The van der Waals surface area contributed by atoms with Gasteiger partial charge in [0.2, 0.25) is 0 Å². The van der Waals surface area contributed by atoms with Gasteiger partial charge in [0.05, 0.1) is 0 Å². The van der Waals surface area contributed by atoms with E-state index in [0.29, 0.717) is 5.16 Å². The first-order valence-corrected chi connectivity index (χ1v) is 9.34. The smallest absolute Gasteiger partial charge is 0.0107 e. The Hall–Kier alpha value is -1.13. The van der Waals surface area contributed by atoms with Crippen LogP contribution in [0.1, 0.15) is 34.6 Å². The standard InChI is InChI=1S/C20H27P/c1-16(2)15-21(20(3,4)5)19-14-10-9-13-18(19)17-11-7-6-8-12-17/h6-14,16H,15H2,1-5H3. The largest absolute Gasteiger partial charge is 0.0689 e. The maximum absolute atomic E-state index is 2.39. The molecule has 0 aliphatic heterocycles. The molecule has 1 heteroatoms. The highest BCUT2D eigenvalue weighted by Crippen LogP contribution is 2.51. The molecule has 2 rings (SSSR count). The molecule has 0 radical (unpaired) electrons. The fraction of sp³-hybridized carbons (Fsp3) is 0.400. The van der Waals surface area contributed by atoms with Crippen molar-refractivity contribution in [1.82, 2.24) is 0 Å². The minimum Gasteiger partial charge on any atom is -0.0689 e. The van der Waals surface area contributed by atoms with Crippen LogP contribution in [0.25, 0.3) is 11.1 Å². The van der Waals surface area contributed by atoms with Crippen molar-refractivity contribution < 1.29 is 0 Å². The highest BCUT2D eigenvalue weighted by molar-refractivity contribution is 7.67. The summed E-state index contributed by atoms with van der Waals surface area (Å²) >= 11 is 0. The van der Waals surface area contributed by atoms with Crippen LogP contribution in [0.15, 0.2) is 54.6 Å². The van der Waals surface area contributed by atoms with E-state index in [9.17, 15) is 0 Å². The third kappa shape index (κ3) is 4.17. The van der Waals surface area contributed by atoms with Crippen LogP contribution < -0.4 is 5.30 Å². The molecule has 0 aliphatic carbocycles. The zero-order valence-electron chi connectivity index (χ0n) is 13.9. The molecule has 0 fully saturated rings. The summed E-state index contributed by atoms with van der Waals surface area (Å²) in [6.45, 7) is 11.9. The third-order valence-electron chi connectivity index (χ3n) is 3.64. The Bertz CT molecular complexity index is 564. The molecule has 0 saturated heterocycles. The van der Waals surface area contributed by atoms with Gasteiger partial charge in [-0.2, -0.15) is 0 Å². The molecule has 21 heavy (non-hydrogen) atoms. The van der Waals surface area contributed by atoms with Crippen molar-refractivity contribution in [3.63, 3.8) is 0 Å². The topological polar surface area (TPSA) is 0 Å². The Kier molecular flexibility index (Phi) is 5.22. The van der Waals surface area contributed by atoms with Gasteiger partial charge in [0.25, 0.3) is 0 Å². The van der Waals surface area contributed by atoms with Crippen molar-refractivity contribution in [3.8, 4) is 11.1 Å². The normalized spacial score (nSPS) is 13.4. The molecule has 0 spiro atoms. The van der Waals surface area contributed by atoms with Gasteiger partial charge in [-0.05, 0) is 33.7 Å². The van der Waals surface area contributed by atoms with E-state index in [1.807, 2.05) is 0 Å². The summed E-state index contributed by atoms with van der Waals surface area (Å²) in [4.78, 5) is 0. The van der Waals surface area contributed by atoms with E-state index in [2.05, 4.69) is 89.2 Å². The molecule has 0 N–H and O–H groups in total. The highest BCUT2D eigenvalue weighted by atomic mass is 31.1. The molecule has 0 nitrogen and oxygen atoms in total. The average molecular weight is 298 g/mol. The summed E-state index contributed by atoms with van der Waals surface area (Å²) < 4.78 is 0. The van der Waals surface area contributed by atoms with Gasteiger partial charge in [0.1, 0.15) is 0 Å². The van der Waals surface area contributed by atoms with Gasteiger partial charge in [-0.15, -0.1) is 0 Å². The zero-order valence-corrected chi connectivity index (χ0v) is 14.8. The monoisotopic (exact) mass is 298 g/mol. The van der Waals surface area contributed by atoms with Crippen LogP contribution in [-0.2, 0) is 0 Å². The Morgan fingerprint density at radius 2 is 1.43 bits per heavy atom. The number of benzene rings is 2. The summed E-state index contributed by atoms with van der Waals surface area (Å²) in [6, 6.07) is 19.8. The SMILES string of the molecule is CC(C)CP(c1ccccc1-c1ccccc1)C(C)(C)C. The molecular formula is C20H27P. The lowest BCUT2D eigenvalue weighted by Gasteiger charge is -2.34. The van der Waals surface area contributed by atoms with Gasteiger partial charge < -0.3 is 0 Å². The quantitative estimate of drug-likeness (QED) is 0.615. The molecule has 2 aromatic rings. The van der Waals surface area contributed by atoms with Gasteiger partial charge >= 0.3 is 0 Å². The summed E-state index contributed by atoms with van der Waals surface area (Å²) in [5.41, 5.74) is 2.76. The van der Waals surface area contributed by atoms with Crippen LogP contribution in [0.4, 0.5) is 0 Å². The summed E-state index contributed by atoms with van der Waals surface area (Å²) in [5.74, 6) is 0.735. The summed E-state index contributed by atoms with van der Waals surface area (Å²) in [7, 11) is -0.181. The van der Waals surface area contributed by atoms with Crippen molar-refractivity contribution in [2.24, 2.45) is 5.92 Å². The Morgan fingerprint density at radius 3 is 2.00 bits per heavy atom. The van der Waals surface area contributed by atoms with Gasteiger partial charge in [-0.3, -0.25) is 0 Å². The molecule has 0 amide bonds. The Balaban J connectivity index is 2.51. The van der Waals surface area contributed by atoms with Crippen LogP contribution in [0.5, 0.6) is 0 Å². The van der Waals surface area contributed by atoms with E-state index in [1.165, 1.54) is 17.3 Å². The van der Waals surface area contributed by atoms with Crippen LogP contribution >= 0.6 is 7.92 Å². The first-order chi connectivity index (χ1) is 9.89. The van der Waals surface area contributed by atoms with Gasteiger partial charge in [-0.25, -0.2) is 0 Å². The van der Waals surface area contributed by atoms with E-state index in [4.69, 9.17) is 0 Å². The minimum absolute atomic E-state index is 0.181. The molecule has 2 aromatic carbocycles. The molecule has 0 heterocycles. The Labute approximate surface area is 131 Å². The van der Waals surface area contributed by atoms with Crippen LogP contribution in [-0.4, -0.2) is 11.3 Å². The third-order valence-corrected chi connectivity index (χ3v) is 7.32.